The molecule has 35 N–H and O–H groups in total. The number of rotatable bonds is 38. The molecule has 0 aromatic heterocycles. The Morgan fingerprint density at radius 2 is 0.686 bits per heavy atom. The molecule has 10 aliphatic heterocycles. The standard InChI is InChI=1S/C76H125N5O56/c1-18-40(97)50(107)53(110)68(121-18)120-17-34-59(47(104)37(65(114)122-34)79-21(4)91)129-66-38(80-22(5)92)48(105)57(31(14-87)126-66)130-70-55(112)62(46(103)33(128-70)16-119-69-54(111)51(108)42(99)27(10-83)123-69)132-72-64(52(109)43(100)28(11-84)125-72)133-67-39(81-23(6)93)49(106)58(32(15-88)127-67)131-71-56(113)63(44(101)29(12-85)124-71)137-76(74(117)118)8-25(95)36(78-20(3)90)61(136-76)45(102)30(13-86)134-75(73(115)116)7-24(94)35(77-19(2)89)60(135-75)41(98)26(96)9-82/h18,24-72,82-88,94-114H,7-17H2,1-6H3,(H,77,89)(H,78,90)(H,79,91)(H,80,92)(H,81,93)(H,115,116)(H,117,118)/t18-,24+,25+,26-,27-,28-,29-,30-,31-,32-,33-,34-,35-,36-,37-,38-,39-,40+,41-,42-,43-,44+,45-,46-,47-,48-,49-,50+,51+,52+,53-,54+,55+,56-,57-,58-,59-,60-,61-,62+,63+,64+,65-,66+,67+,68+,69+,70+,71+,72-,75-,76+/m1/s1. The number of carboxylic acids is 2. The molecule has 0 unspecified atom stereocenters. The van der Waals surface area contributed by atoms with Crippen LogP contribution in [-0.4, -0.2) is 572 Å². The maximum absolute atomic E-state index is 13.8. The number of aliphatic hydroxyl groups is 28. The van der Waals surface area contributed by atoms with Crippen molar-refractivity contribution in [2.45, 2.75) is 372 Å². The Bertz CT molecular complexity index is 3910. The molecule has 0 aromatic carbocycles. The van der Waals surface area contributed by atoms with Crippen LogP contribution in [0.5, 0.6) is 0 Å². The third kappa shape index (κ3) is 25.1. The first-order valence-corrected chi connectivity index (χ1v) is 43.3. The van der Waals surface area contributed by atoms with E-state index in [1.54, 1.807) is 0 Å². The molecule has 10 rings (SSSR count). The zero-order chi connectivity index (χ0) is 102. The largest absolute Gasteiger partial charge is 0.477 e. The zero-order valence-electron chi connectivity index (χ0n) is 73.7. The highest BCUT2D eigenvalue weighted by Crippen LogP contribution is 2.44. The van der Waals surface area contributed by atoms with Gasteiger partial charge < -0.3 is 270 Å². The smallest absolute Gasteiger partial charge is 0.364 e. The number of carbonyl (C=O) groups excluding carboxylic acids is 5. The van der Waals surface area contributed by atoms with Gasteiger partial charge in [0, 0.05) is 47.5 Å². The Balaban J connectivity index is 0.923. The van der Waals surface area contributed by atoms with Crippen LogP contribution in [0.25, 0.3) is 0 Å². The van der Waals surface area contributed by atoms with Gasteiger partial charge in [-0.05, 0) is 6.92 Å². The molecular weight excluding hydrogens is 1880 g/mol. The second kappa shape index (κ2) is 48.4. The number of ether oxygens (including phenoxy) is 19. The number of hydrogen-bond acceptors (Lipinski definition) is 54. The Hall–Kier alpha value is -5.59. The van der Waals surface area contributed by atoms with E-state index in [1.807, 2.05) is 0 Å². The summed E-state index contributed by atoms with van der Waals surface area (Å²) in [5.74, 6) is -16.5. The van der Waals surface area contributed by atoms with Gasteiger partial charge in [-0.25, -0.2) is 9.59 Å². The fourth-order valence-electron chi connectivity index (χ4n) is 17.6. The van der Waals surface area contributed by atoms with Crippen LogP contribution in [-0.2, 0) is 124 Å². The minimum Gasteiger partial charge on any atom is -0.477 e. The number of aliphatic hydroxyl groups excluding tert-OH is 28. The summed E-state index contributed by atoms with van der Waals surface area (Å²) in [6, 6.07) is -9.86. The molecule has 0 saturated carbocycles. The lowest BCUT2D eigenvalue weighted by atomic mass is 9.87. The monoisotopic (exact) mass is 2000 g/mol. The van der Waals surface area contributed by atoms with Gasteiger partial charge in [0.25, 0.3) is 11.6 Å². The summed E-state index contributed by atoms with van der Waals surface area (Å²) in [6.45, 7) is -5.27. The molecule has 61 heteroatoms. The summed E-state index contributed by atoms with van der Waals surface area (Å²) in [5.41, 5.74) is 0. The first-order chi connectivity index (χ1) is 64.4. The molecule has 0 bridgehead atoms. The van der Waals surface area contributed by atoms with Crippen molar-refractivity contribution >= 4 is 41.5 Å². The highest BCUT2D eigenvalue weighted by atomic mass is 16.8. The number of aliphatic carboxylic acids is 2. The van der Waals surface area contributed by atoms with Crippen molar-refractivity contribution in [3.63, 3.8) is 0 Å². The van der Waals surface area contributed by atoms with E-state index in [-0.39, 0.29) is 0 Å². The van der Waals surface area contributed by atoms with E-state index in [0.717, 1.165) is 34.6 Å². The molecule has 5 amide bonds. The summed E-state index contributed by atoms with van der Waals surface area (Å²) in [7, 11) is 0. The summed E-state index contributed by atoms with van der Waals surface area (Å²) >= 11 is 0. The van der Waals surface area contributed by atoms with Crippen molar-refractivity contribution in [1.82, 2.24) is 26.6 Å². The van der Waals surface area contributed by atoms with Gasteiger partial charge >= 0.3 is 11.9 Å². The van der Waals surface area contributed by atoms with Crippen molar-refractivity contribution in [3.05, 3.63) is 0 Å². The van der Waals surface area contributed by atoms with Gasteiger partial charge in [0.1, 0.15) is 226 Å². The van der Waals surface area contributed by atoms with E-state index in [0.29, 0.717) is 0 Å². The summed E-state index contributed by atoms with van der Waals surface area (Å²) in [4.78, 5) is 91.1. The molecule has 10 saturated heterocycles. The van der Waals surface area contributed by atoms with Crippen molar-refractivity contribution in [3.8, 4) is 0 Å². The third-order valence-electron chi connectivity index (χ3n) is 24.8. The summed E-state index contributed by atoms with van der Waals surface area (Å²) in [5, 5.41) is 349. The molecule has 10 fully saturated rings. The van der Waals surface area contributed by atoms with E-state index in [1.165, 1.54) is 6.92 Å². The predicted molar refractivity (Wildman–Crippen MR) is 421 cm³/mol. The highest BCUT2D eigenvalue weighted by molar-refractivity contribution is 5.78. The Morgan fingerprint density at radius 3 is 1.16 bits per heavy atom. The number of carbonyl (C=O) groups is 7. The average molecular weight is 2000 g/mol. The van der Waals surface area contributed by atoms with E-state index >= 15 is 0 Å². The maximum Gasteiger partial charge on any atom is 0.364 e. The van der Waals surface area contributed by atoms with Crippen molar-refractivity contribution in [2.24, 2.45) is 0 Å². The van der Waals surface area contributed by atoms with Gasteiger partial charge in [-0.3, -0.25) is 24.0 Å². The number of nitrogens with one attached hydrogen (secondary N) is 5. The van der Waals surface area contributed by atoms with Gasteiger partial charge in [0.15, 0.2) is 50.3 Å². The first-order valence-electron chi connectivity index (χ1n) is 43.3. The third-order valence-corrected chi connectivity index (χ3v) is 24.8. The molecule has 0 aliphatic carbocycles. The summed E-state index contributed by atoms with van der Waals surface area (Å²) < 4.78 is 112. The van der Waals surface area contributed by atoms with Crippen LogP contribution in [0.1, 0.15) is 54.4 Å². The predicted octanol–water partition coefficient (Wildman–Crippen LogP) is -22.6. The van der Waals surface area contributed by atoms with Crippen LogP contribution in [0, 0.1) is 0 Å². The van der Waals surface area contributed by atoms with E-state index < -0.39 is 432 Å². The number of hydrogen-bond donors (Lipinski definition) is 35. The van der Waals surface area contributed by atoms with E-state index in [2.05, 4.69) is 26.6 Å². The quantitative estimate of drug-likeness (QED) is 0.0273. The first kappa shape index (κ1) is 113. The van der Waals surface area contributed by atoms with Crippen LogP contribution in [0.15, 0.2) is 0 Å². The lowest BCUT2D eigenvalue weighted by Crippen LogP contribution is -2.72. The van der Waals surface area contributed by atoms with Gasteiger partial charge in [-0.2, -0.15) is 0 Å². The second-order valence-electron chi connectivity index (χ2n) is 34.6. The fourth-order valence-corrected chi connectivity index (χ4v) is 17.6. The van der Waals surface area contributed by atoms with Crippen LogP contribution >= 0.6 is 0 Å². The van der Waals surface area contributed by atoms with Crippen LogP contribution in [0.2, 0.25) is 0 Å². The van der Waals surface area contributed by atoms with Gasteiger partial charge in [0.05, 0.1) is 89.9 Å². The van der Waals surface area contributed by atoms with Crippen molar-refractivity contribution < 1.29 is 277 Å². The molecule has 10 aliphatic rings. The van der Waals surface area contributed by atoms with E-state index in [4.69, 9.17) is 90.0 Å². The Morgan fingerprint density at radius 1 is 0.328 bits per heavy atom. The fraction of sp³-hybridized carbons (Fsp3) is 0.908. The summed E-state index contributed by atoms with van der Waals surface area (Å²) in [6.07, 6.45) is -103. The molecule has 137 heavy (non-hydrogen) atoms. The van der Waals surface area contributed by atoms with Gasteiger partial charge in [-0.15, -0.1) is 0 Å². The normalized spacial score (nSPS) is 46.4. The molecule has 52 atom stereocenters. The topological polar surface area (TPSA) is 962 Å². The zero-order valence-corrected chi connectivity index (χ0v) is 73.7. The Kier molecular flexibility index (Phi) is 40.1. The minimum absolute atomic E-state index is 0.830. The second-order valence-corrected chi connectivity index (χ2v) is 34.6. The van der Waals surface area contributed by atoms with Crippen LogP contribution in [0.4, 0.5) is 0 Å². The molecule has 61 nitrogen and oxygen atoms in total. The molecule has 0 radical (unpaired) electrons. The highest BCUT2D eigenvalue weighted by Gasteiger charge is 2.66. The number of amides is 5. The molecule has 0 aromatic rings. The number of carboxylic acid groups (broad SMARTS) is 2. The van der Waals surface area contributed by atoms with Crippen LogP contribution in [0.3, 0.4) is 0 Å². The SMILES string of the molecule is CC(=O)N[C@@H]1[C@@H](O)[C@H](O[C@@H]2O[C@H](CO)[C@@H](O[C@@H]3O[C@H](CO[C@H]4O[C@H](CO)[C@@H](O)[C@H](O)[C@@H]4O)[C@@H](O)[C@H](O[C@H]4O[C@H](CO)[C@@H](O)[C@H](O)[C@@H]4O[C@@H]4O[C@H](CO)[C@@H](O[C@@H]5O[C@H](CO)[C@H](O)[C@H](O[C@]6(C(=O)O)C[C@H](O)[C@@H](NC(C)=O)[C@H]([C@H](O)[C@@H](CO)O[C@]7(C(=O)O)C[C@H](O)[C@@H](NC(C)=O)[C@H]([C@H](O)[C@H](O)CO)O7)O6)[C@H]5O)[C@H](O)[C@H]4NC(C)=O)[C@@H]3O)[C@H](O)[C@H]2NC(C)=O)[C@@H](CO[C@H]2O[C@H](C)[C@H](O)[C@H](O)[C@H]2O)O[C@H]1O. The van der Waals surface area contributed by atoms with E-state index in [9.17, 15) is 187 Å². The lowest BCUT2D eigenvalue weighted by Gasteiger charge is -2.52. The van der Waals surface area contributed by atoms with Crippen LogP contribution < -0.4 is 26.6 Å². The lowest BCUT2D eigenvalue weighted by molar-refractivity contribution is -0.400. The average Bonchev–Trinajstić information content (AvgIpc) is 0.752. The molecule has 0 spiro atoms. The molecular formula is C76H125N5O56. The molecule has 790 valence electrons. The Labute approximate surface area is 774 Å². The maximum atomic E-state index is 13.8. The van der Waals surface area contributed by atoms with Gasteiger partial charge in [0.2, 0.25) is 29.5 Å². The van der Waals surface area contributed by atoms with Gasteiger partial charge in [-0.1, -0.05) is 0 Å². The minimum atomic E-state index is -3.61. The van der Waals surface area contributed by atoms with Crippen molar-refractivity contribution in [2.75, 3.05) is 59.5 Å². The molecule has 10 heterocycles. The van der Waals surface area contributed by atoms with Crippen molar-refractivity contribution in [1.29, 1.82) is 0 Å².